The number of hydrogen-bond donors (Lipinski definition) is 1. The molecule has 132 valence electrons. The van der Waals surface area contributed by atoms with E-state index in [9.17, 15) is 4.79 Å². The van der Waals surface area contributed by atoms with E-state index >= 15 is 0 Å². The summed E-state index contributed by atoms with van der Waals surface area (Å²) in [6.07, 6.45) is 2.57. The highest BCUT2D eigenvalue weighted by Gasteiger charge is 2.12. The summed E-state index contributed by atoms with van der Waals surface area (Å²) in [4.78, 5) is 14.6. The number of aryl methyl sites for hydroxylation is 1. The largest absolute Gasteiger partial charge is 0.483 e. The SMILES string of the molecule is Cc1cccc(OCC(=O)Nc2cccc(CN3CCCC3)c2)c1C. The number of nitrogens with zero attached hydrogens (tertiary/aromatic N) is 1. The van der Waals surface area contributed by atoms with E-state index < -0.39 is 0 Å². The van der Waals surface area contributed by atoms with E-state index in [1.807, 2.05) is 50.2 Å². The molecule has 1 aliphatic rings. The summed E-state index contributed by atoms with van der Waals surface area (Å²) in [7, 11) is 0. The fourth-order valence-corrected chi connectivity index (χ4v) is 3.17. The van der Waals surface area contributed by atoms with Gasteiger partial charge in [0.25, 0.3) is 5.91 Å². The first-order valence-electron chi connectivity index (χ1n) is 8.92. The normalized spacial score (nSPS) is 14.5. The van der Waals surface area contributed by atoms with Crippen LogP contribution in [0.15, 0.2) is 42.5 Å². The van der Waals surface area contributed by atoms with Gasteiger partial charge in [-0.1, -0.05) is 24.3 Å². The van der Waals surface area contributed by atoms with Crippen LogP contribution in [0.2, 0.25) is 0 Å². The summed E-state index contributed by atoms with van der Waals surface area (Å²) in [5.41, 5.74) is 4.29. The Bertz CT molecular complexity index is 736. The van der Waals surface area contributed by atoms with E-state index in [1.165, 1.54) is 31.5 Å². The minimum atomic E-state index is -0.140. The second kappa shape index (κ2) is 8.17. The van der Waals surface area contributed by atoms with Gasteiger partial charge in [0.2, 0.25) is 0 Å². The van der Waals surface area contributed by atoms with Crippen molar-refractivity contribution in [2.75, 3.05) is 25.0 Å². The monoisotopic (exact) mass is 338 g/mol. The number of likely N-dealkylation sites (tertiary alicyclic amines) is 1. The Labute approximate surface area is 149 Å². The average Bonchev–Trinajstić information content (AvgIpc) is 3.09. The first kappa shape index (κ1) is 17.5. The molecular weight excluding hydrogens is 312 g/mol. The molecule has 0 bridgehead atoms. The fraction of sp³-hybridized carbons (Fsp3) is 0.381. The smallest absolute Gasteiger partial charge is 0.262 e. The lowest BCUT2D eigenvalue weighted by Gasteiger charge is -2.15. The third kappa shape index (κ3) is 4.83. The first-order chi connectivity index (χ1) is 12.1. The molecule has 0 spiro atoms. The summed E-state index contributed by atoms with van der Waals surface area (Å²) < 4.78 is 5.67. The highest BCUT2D eigenvalue weighted by atomic mass is 16.5. The van der Waals surface area contributed by atoms with Gasteiger partial charge in [-0.15, -0.1) is 0 Å². The van der Waals surface area contributed by atoms with Crippen LogP contribution >= 0.6 is 0 Å². The third-order valence-corrected chi connectivity index (χ3v) is 4.73. The maximum absolute atomic E-state index is 12.2. The van der Waals surface area contributed by atoms with Crippen molar-refractivity contribution in [2.45, 2.75) is 33.2 Å². The van der Waals surface area contributed by atoms with Crippen molar-refractivity contribution in [2.24, 2.45) is 0 Å². The number of benzene rings is 2. The van der Waals surface area contributed by atoms with E-state index in [-0.39, 0.29) is 12.5 Å². The molecule has 0 radical (unpaired) electrons. The lowest BCUT2D eigenvalue weighted by molar-refractivity contribution is -0.118. The van der Waals surface area contributed by atoms with E-state index in [0.29, 0.717) is 0 Å². The molecule has 25 heavy (non-hydrogen) atoms. The molecule has 0 atom stereocenters. The van der Waals surface area contributed by atoms with Crippen LogP contribution in [0.1, 0.15) is 29.5 Å². The van der Waals surface area contributed by atoms with Crippen molar-refractivity contribution >= 4 is 11.6 Å². The lowest BCUT2D eigenvalue weighted by atomic mass is 10.1. The average molecular weight is 338 g/mol. The quantitative estimate of drug-likeness (QED) is 0.868. The lowest BCUT2D eigenvalue weighted by Crippen LogP contribution is -2.21. The maximum atomic E-state index is 12.2. The zero-order valence-electron chi connectivity index (χ0n) is 15.0. The number of nitrogens with one attached hydrogen (secondary N) is 1. The number of hydrogen-bond acceptors (Lipinski definition) is 3. The second-order valence-electron chi connectivity index (χ2n) is 6.72. The number of carbonyl (C=O) groups is 1. The predicted molar refractivity (Wildman–Crippen MR) is 101 cm³/mol. The molecule has 1 fully saturated rings. The van der Waals surface area contributed by atoms with E-state index in [1.54, 1.807) is 0 Å². The molecule has 0 aromatic heterocycles. The zero-order valence-corrected chi connectivity index (χ0v) is 15.0. The van der Waals surface area contributed by atoms with Gasteiger partial charge >= 0.3 is 0 Å². The highest BCUT2D eigenvalue weighted by molar-refractivity contribution is 5.91. The van der Waals surface area contributed by atoms with E-state index in [2.05, 4.69) is 16.3 Å². The molecule has 0 saturated carbocycles. The predicted octanol–water partition coefficient (Wildman–Crippen LogP) is 3.92. The molecule has 1 N–H and O–H groups in total. The Balaban J connectivity index is 1.54. The summed E-state index contributed by atoms with van der Waals surface area (Å²) in [5.74, 6) is 0.622. The molecule has 3 rings (SSSR count). The summed E-state index contributed by atoms with van der Waals surface area (Å²) in [6, 6.07) is 13.9. The van der Waals surface area contributed by atoms with Crippen LogP contribution in [0.25, 0.3) is 0 Å². The molecule has 1 saturated heterocycles. The first-order valence-corrected chi connectivity index (χ1v) is 8.92. The Morgan fingerprint density at radius 3 is 2.68 bits per heavy atom. The number of ether oxygens (including phenoxy) is 1. The Morgan fingerprint density at radius 1 is 1.12 bits per heavy atom. The van der Waals surface area contributed by atoms with Crippen LogP contribution in [0.5, 0.6) is 5.75 Å². The minimum Gasteiger partial charge on any atom is -0.483 e. The van der Waals surface area contributed by atoms with Gasteiger partial charge in [-0.3, -0.25) is 9.69 Å². The van der Waals surface area contributed by atoms with Gasteiger partial charge in [-0.25, -0.2) is 0 Å². The minimum absolute atomic E-state index is 0.0145. The number of anilines is 1. The van der Waals surface area contributed by atoms with Crippen LogP contribution in [0.4, 0.5) is 5.69 Å². The van der Waals surface area contributed by atoms with Gasteiger partial charge in [0, 0.05) is 12.2 Å². The molecular formula is C21H26N2O2. The van der Waals surface area contributed by atoms with Crippen molar-refractivity contribution in [3.05, 3.63) is 59.2 Å². The number of amides is 1. The number of rotatable bonds is 6. The standard InChI is InChI=1S/C21H26N2O2/c1-16-7-5-10-20(17(16)2)25-15-21(24)22-19-9-6-8-18(13-19)14-23-11-3-4-12-23/h5-10,13H,3-4,11-12,14-15H2,1-2H3,(H,22,24). The third-order valence-electron chi connectivity index (χ3n) is 4.73. The van der Waals surface area contributed by atoms with Crippen LogP contribution in [0, 0.1) is 13.8 Å². The zero-order chi connectivity index (χ0) is 17.6. The fourth-order valence-electron chi connectivity index (χ4n) is 3.17. The molecule has 1 heterocycles. The highest BCUT2D eigenvalue weighted by Crippen LogP contribution is 2.20. The van der Waals surface area contributed by atoms with Crippen LogP contribution < -0.4 is 10.1 Å². The molecule has 4 nitrogen and oxygen atoms in total. The van der Waals surface area contributed by atoms with E-state index in [0.717, 1.165) is 29.1 Å². The molecule has 0 unspecified atom stereocenters. The van der Waals surface area contributed by atoms with Gasteiger partial charge in [-0.2, -0.15) is 0 Å². The summed E-state index contributed by atoms with van der Waals surface area (Å²) in [5, 5.41) is 2.93. The molecule has 2 aromatic rings. The van der Waals surface area contributed by atoms with Gasteiger partial charge in [-0.05, 0) is 74.7 Å². The van der Waals surface area contributed by atoms with Crippen LogP contribution in [0.3, 0.4) is 0 Å². The van der Waals surface area contributed by atoms with Crippen LogP contribution in [-0.4, -0.2) is 30.5 Å². The van der Waals surface area contributed by atoms with Crippen molar-refractivity contribution in [1.29, 1.82) is 0 Å². The molecule has 4 heteroatoms. The summed E-state index contributed by atoms with van der Waals surface area (Å²) >= 11 is 0. The Morgan fingerprint density at radius 2 is 1.88 bits per heavy atom. The van der Waals surface area contributed by atoms with E-state index in [4.69, 9.17) is 4.74 Å². The molecule has 0 aliphatic carbocycles. The van der Waals surface area contributed by atoms with Crippen LogP contribution in [-0.2, 0) is 11.3 Å². The topological polar surface area (TPSA) is 41.6 Å². The molecule has 1 aliphatic heterocycles. The number of carbonyl (C=O) groups excluding carboxylic acids is 1. The Kier molecular flexibility index (Phi) is 5.71. The van der Waals surface area contributed by atoms with Crippen molar-refractivity contribution < 1.29 is 9.53 Å². The maximum Gasteiger partial charge on any atom is 0.262 e. The van der Waals surface area contributed by atoms with Gasteiger partial charge in [0.05, 0.1) is 0 Å². The van der Waals surface area contributed by atoms with Gasteiger partial charge in [0.15, 0.2) is 6.61 Å². The van der Waals surface area contributed by atoms with Crippen molar-refractivity contribution in [3.63, 3.8) is 0 Å². The van der Waals surface area contributed by atoms with Crippen molar-refractivity contribution in [1.82, 2.24) is 4.90 Å². The molecule has 2 aromatic carbocycles. The molecule has 1 amide bonds. The van der Waals surface area contributed by atoms with Crippen molar-refractivity contribution in [3.8, 4) is 5.75 Å². The van der Waals surface area contributed by atoms with Gasteiger partial charge < -0.3 is 10.1 Å². The Hall–Kier alpha value is -2.33. The summed E-state index contributed by atoms with van der Waals surface area (Å²) in [6.45, 7) is 7.34. The second-order valence-corrected chi connectivity index (χ2v) is 6.72. The van der Waals surface area contributed by atoms with Gasteiger partial charge in [0.1, 0.15) is 5.75 Å².